The number of nitrogens with zero attached hydrogens (tertiary/aromatic N) is 2. The number of benzene rings is 1. The topological polar surface area (TPSA) is 73.6 Å². The van der Waals surface area contributed by atoms with Crippen molar-refractivity contribution in [2.24, 2.45) is 0 Å². The molecule has 0 atom stereocenters. The minimum Gasteiger partial charge on any atom is -0.493 e. The van der Waals surface area contributed by atoms with E-state index < -0.39 is 5.97 Å². The van der Waals surface area contributed by atoms with Crippen LogP contribution in [-0.4, -0.2) is 28.0 Å². The van der Waals surface area contributed by atoms with E-state index in [2.05, 4.69) is 5.10 Å². The second kappa shape index (κ2) is 6.30. The molecule has 112 valence electrons. The van der Waals surface area contributed by atoms with Gasteiger partial charge in [-0.05, 0) is 26.0 Å². The monoisotopic (exact) mass is 290 g/mol. The molecule has 1 N–H and O–H groups in total. The van der Waals surface area contributed by atoms with Gasteiger partial charge in [0, 0.05) is 11.6 Å². The van der Waals surface area contributed by atoms with Crippen LogP contribution in [0.1, 0.15) is 35.9 Å². The van der Waals surface area contributed by atoms with Crippen LogP contribution in [0.3, 0.4) is 0 Å². The van der Waals surface area contributed by atoms with Gasteiger partial charge in [-0.3, -0.25) is 4.68 Å². The molecule has 0 aliphatic rings. The molecule has 0 spiro atoms. The number of aromatic carboxylic acids is 1. The van der Waals surface area contributed by atoms with E-state index in [1.165, 1.54) is 10.9 Å². The van der Waals surface area contributed by atoms with Crippen molar-refractivity contribution in [3.05, 3.63) is 41.7 Å². The lowest BCUT2D eigenvalue weighted by atomic mass is 10.2. The van der Waals surface area contributed by atoms with Crippen LogP contribution in [0.4, 0.5) is 0 Å². The van der Waals surface area contributed by atoms with Crippen molar-refractivity contribution in [3.63, 3.8) is 0 Å². The van der Waals surface area contributed by atoms with Crippen LogP contribution in [0.25, 0.3) is 0 Å². The minimum absolute atomic E-state index is 0.0314. The predicted molar refractivity (Wildman–Crippen MR) is 76.9 cm³/mol. The average molecular weight is 290 g/mol. The molecule has 0 saturated carbocycles. The Labute approximate surface area is 122 Å². The number of hydrogen-bond acceptors (Lipinski definition) is 4. The summed E-state index contributed by atoms with van der Waals surface area (Å²) in [6, 6.07) is 7.19. The van der Waals surface area contributed by atoms with E-state index in [9.17, 15) is 9.90 Å². The molecule has 0 aliphatic heterocycles. The van der Waals surface area contributed by atoms with E-state index in [1.54, 1.807) is 19.2 Å². The van der Waals surface area contributed by atoms with Crippen LogP contribution in [0.15, 0.2) is 30.5 Å². The van der Waals surface area contributed by atoms with E-state index in [1.807, 2.05) is 26.0 Å². The van der Waals surface area contributed by atoms with Gasteiger partial charge >= 0.3 is 5.97 Å². The second-order valence-corrected chi connectivity index (χ2v) is 4.80. The molecular weight excluding hydrogens is 272 g/mol. The van der Waals surface area contributed by atoms with Crippen molar-refractivity contribution in [1.29, 1.82) is 0 Å². The van der Waals surface area contributed by atoms with Gasteiger partial charge < -0.3 is 14.6 Å². The zero-order valence-electron chi connectivity index (χ0n) is 12.2. The Hall–Kier alpha value is -2.50. The van der Waals surface area contributed by atoms with Crippen molar-refractivity contribution in [2.45, 2.75) is 26.5 Å². The van der Waals surface area contributed by atoms with Gasteiger partial charge in [-0.1, -0.05) is 12.1 Å². The molecule has 1 aromatic carbocycles. The zero-order valence-corrected chi connectivity index (χ0v) is 12.2. The number of para-hydroxylation sites is 2. The first kappa shape index (κ1) is 14.9. The summed E-state index contributed by atoms with van der Waals surface area (Å²) in [6.45, 7) is 3.88. The fraction of sp³-hybridized carbons (Fsp3) is 0.333. The summed E-state index contributed by atoms with van der Waals surface area (Å²) in [4.78, 5) is 11.4. The number of hydrogen-bond donors (Lipinski definition) is 1. The van der Waals surface area contributed by atoms with Gasteiger partial charge in [-0.15, -0.1) is 0 Å². The Bertz CT molecular complexity index is 634. The summed E-state index contributed by atoms with van der Waals surface area (Å²) in [7, 11) is 1.56. The summed E-state index contributed by atoms with van der Waals surface area (Å²) in [5.74, 6) is 0.152. The Balaban J connectivity index is 2.22. The standard InChI is InChI=1S/C15H18N2O4/c1-10(2)17-14(15(18)19)11(8-16-17)9-21-13-7-5-4-6-12(13)20-3/h4-8,10H,9H2,1-3H3,(H,18,19). The summed E-state index contributed by atoms with van der Waals surface area (Å²) >= 11 is 0. The minimum atomic E-state index is -1.01. The Morgan fingerprint density at radius 3 is 2.57 bits per heavy atom. The number of ether oxygens (including phenoxy) is 2. The Morgan fingerprint density at radius 1 is 1.33 bits per heavy atom. The largest absolute Gasteiger partial charge is 0.493 e. The van der Waals surface area contributed by atoms with Crippen LogP contribution >= 0.6 is 0 Å². The van der Waals surface area contributed by atoms with E-state index >= 15 is 0 Å². The lowest BCUT2D eigenvalue weighted by molar-refractivity contribution is 0.0678. The maximum atomic E-state index is 11.4. The number of carbonyl (C=O) groups is 1. The van der Waals surface area contributed by atoms with Crippen molar-refractivity contribution in [2.75, 3.05) is 7.11 Å². The third-order valence-corrected chi connectivity index (χ3v) is 3.02. The van der Waals surface area contributed by atoms with Gasteiger partial charge in [0.25, 0.3) is 0 Å². The number of carboxylic acids is 1. The van der Waals surface area contributed by atoms with Crippen LogP contribution in [0, 0.1) is 0 Å². The van der Waals surface area contributed by atoms with Crippen molar-refractivity contribution < 1.29 is 19.4 Å². The summed E-state index contributed by atoms with van der Waals surface area (Å²) in [5, 5.41) is 13.5. The lowest BCUT2D eigenvalue weighted by Crippen LogP contribution is -2.14. The quantitative estimate of drug-likeness (QED) is 0.885. The van der Waals surface area contributed by atoms with E-state index in [-0.39, 0.29) is 18.3 Å². The highest BCUT2D eigenvalue weighted by Crippen LogP contribution is 2.27. The Morgan fingerprint density at radius 2 is 2.00 bits per heavy atom. The number of rotatable bonds is 6. The fourth-order valence-corrected chi connectivity index (χ4v) is 2.02. The molecule has 0 bridgehead atoms. The summed E-state index contributed by atoms with van der Waals surface area (Å²) in [5.41, 5.74) is 0.682. The molecule has 0 fully saturated rings. The third-order valence-electron chi connectivity index (χ3n) is 3.02. The number of aromatic nitrogens is 2. The maximum Gasteiger partial charge on any atom is 0.354 e. The molecule has 1 aromatic heterocycles. The molecule has 21 heavy (non-hydrogen) atoms. The molecule has 0 saturated heterocycles. The highest BCUT2D eigenvalue weighted by Gasteiger charge is 2.20. The first-order chi connectivity index (χ1) is 10.0. The predicted octanol–water partition coefficient (Wildman–Crippen LogP) is 2.75. The van der Waals surface area contributed by atoms with E-state index in [4.69, 9.17) is 9.47 Å². The molecule has 0 radical (unpaired) electrons. The van der Waals surface area contributed by atoms with Crippen LogP contribution in [0.2, 0.25) is 0 Å². The van der Waals surface area contributed by atoms with Crippen LogP contribution in [-0.2, 0) is 6.61 Å². The molecule has 0 aliphatic carbocycles. The van der Waals surface area contributed by atoms with E-state index in [0.29, 0.717) is 17.1 Å². The summed E-state index contributed by atoms with van der Waals surface area (Å²) < 4.78 is 12.3. The maximum absolute atomic E-state index is 11.4. The molecule has 6 heteroatoms. The van der Waals surface area contributed by atoms with Gasteiger partial charge in [-0.2, -0.15) is 5.10 Å². The van der Waals surface area contributed by atoms with Gasteiger partial charge in [0.1, 0.15) is 6.61 Å². The van der Waals surface area contributed by atoms with Crippen molar-refractivity contribution in [3.8, 4) is 11.5 Å². The first-order valence-electron chi connectivity index (χ1n) is 6.60. The number of methoxy groups -OCH3 is 1. The van der Waals surface area contributed by atoms with E-state index in [0.717, 1.165) is 0 Å². The molecule has 0 unspecified atom stereocenters. The molecule has 1 heterocycles. The number of carboxylic acid groups (broad SMARTS) is 1. The second-order valence-electron chi connectivity index (χ2n) is 4.80. The fourth-order valence-electron chi connectivity index (χ4n) is 2.02. The molecule has 2 aromatic rings. The zero-order chi connectivity index (χ0) is 15.4. The first-order valence-corrected chi connectivity index (χ1v) is 6.60. The van der Waals surface area contributed by atoms with Gasteiger partial charge in [0.05, 0.1) is 13.3 Å². The average Bonchev–Trinajstić information content (AvgIpc) is 2.89. The summed E-state index contributed by atoms with van der Waals surface area (Å²) in [6.07, 6.45) is 1.53. The van der Waals surface area contributed by atoms with Gasteiger partial charge in [0.15, 0.2) is 17.2 Å². The Kier molecular flexibility index (Phi) is 4.47. The normalized spacial score (nSPS) is 10.7. The molecule has 2 rings (SSSR count). The SMILES string of the molecule is COc1ccccc1OCc1cnn(C(C)C)c1C(=O)O. The highest BCUT2D eigenvalue weighted by atomic mass is 16.5. The smallest absolute Gasteiger partial charge is 0.354 e. The third kappa shape index (κ3) is 3.16. The highest BCUT2D eigenvalue weighted by molar-refractivity contribution is 5.87. The van der Waals surface area contributed by atoms with Gasteiger partial charge in [-0.25, -0.2) is 4.79 Å². The molecular formula is C15H18N2O4. The van der Waals surface area contributed by atoms with Crippen LogP contribution in [0.5, 0.6) is 11.5 Å². The lowest BCUT2D eigenvalue weighted by Gasteiger charge is -2.11. The van der Waals surface area contributed by atoms with Crippen LogP contribution < -0.4 is 9.47 Å². The van der Waals surface area contributed by atoms with Gasteiger partial charge in [0.2, 0.25) is 0 Å². The molecule has 0 amide bonds. The van der Waals surface area contributed by atoms with Crippen molar-refractivity contribution in [1.82, 2.24) is 9.78 Å². The molecule has 6 nitrogen and oxygen atoms in total. The van der Waals surface area contributed by atoms with Crippen molar-refractivity contribution >= 4 is 5.97 Å².